The van der Waals surface area contributed by atoms with Gasteiger partial charge in [0, 0.05) is 38.0 Å². The lowest BCUT2D eigenvalue weighted by Crippen LogP contribution is -2.25. The van der Waals surface area contributed by atoms with Crippen LogP contribution in [0.4, 0.5) is 0 Å². The van der Waals surface area contributed by atoms with Crippen LogP contribution < -0.4 is 63.8 Å². The summed E-state index contributed by atoms with van der Waals surface area (Å²) >= 11 is 0. The molecule has 43 heteroatoms. The molecule has 8 aliphatic rings. The van der Waals surface area contributed by atoms with Crippen LogP contribution in [0.3, 0.4) is 0 Å². The summed E-state index contributed by atoms with van der Waals surface area (Å²) in [5.41, 5.74) is 53.3. The van der Waals surface area contributed by atoms with Crippen molar-refractivity contribution in [3.8, 4) is 28.7 Å². The summed E-state index contributed by atoms with van der Waals surface area (Å²) in [6, 6.07) is 37.8. The minimum atomic E-state index is -3.51. The number of aryl methyl sites for hydroxylation is 1. The number of nitrogens with two attached hydrogens (primary N) is 7. The number of allylic oxidation sites excluding steroid dienone is 1. The van der Waals surface area contributed by atoms with Crippen LogP contribution in [0.25, 0.3) is 0 Å². The lowest BCUT2D eigenvalue weighted by Gasteiger charge is -2.18. The summed E-state index contributed by atoms with van der Waals surface area (Å²) < 4.78 is 225. The van der Waals surface area contributed by atoms with Crippen molar-refractivity contribution in [2.45, 2.75) is 172 Å². The second-order valence-electron chi connectivity index (χ2n) is 33.5. The number of rotatable bonds is 30. The first kappa shape index (κ1) is 107. The summed E-state index contributed by atoms with van der Waals surface area (Å²) in [5.74, 6) is 2.92. The normalized spacial score (nSPS) is 18.0. The number of methoxy groups -OCH3 is 1. The highest BCUT2D eigenvalue weighted by molar-refractivity contribution is 7.91. The Morgan fingerprint density at radius 2 is 0.657 bits per heavy atom. The van der Waals surface area contributed by atoms with E-state index in [1.54, 1.807) is 98.1 Å². The van der Waals surface area contributed by atoms with Crippen LogP contribution in [0.5, 0.6) is 28.7 Å². The van der Waals surface area contributed by atoms with Crippen LogP contribution in [0.15, 0.2) is 170 Å². The Morgan fingerprint density at radius 1 is 0.366 bits per heavy atom. The zero-order valence-electron chi connectivity index (χ0n) is 77.1. The lowest BCUT2D eigenvalue weighted by molar-refractivity contribution is 0.110. The molecule has 1 fully saturated rings. The molecule has 7 aliphatic heterocycles. The van der Waals surface area contributed by atoms with E-state index in [0.29, 0.717) is 143 Å². The summed E-state index contributed by atoms with van der Waals surface area (Å²) in [6.45, 7) is 19.8. The van der Waals surface area contributed by atoms with E-state index >= 15 is 0 Å². The first-order valence-electron chi connectivity index (χ1n) is 43.6. The molecular formula is C91H123N15O21S7. The fourth-order valence-electron chi connectivity index (χ4n) is 15.2. The van der Waals surface area contributed by atoms with E-state index < -0.39 is 70.2 Å². The van der Waals surface area contributed by atoms with Gasteiger partial charge in [0.2, 0.25) is 0 Å². The maximum atomic E-state index is 11.6. The number of sulfonamides is 7. The topological polar surface area (TPSA) is 575 Å². The number of ether oxygens (including phenoxy) is 7. The molecule has 36 nitrogen and oxygen atoms in total. The average molecular weight is 1990 g/mol. The van der Waals surface area contributed by atoms with E-state index in [-0.39, 0.29) is 86.5 Å². The van der Waals surface area contributed by atoms with Crippen molar-refractivity contribution in [3.63, 3.8) is 0 Å². The second-order valence-corrected chi connectivity index (χ2v) is 45.0. The van der Waals surface area contributed by atoms with Gasteiger partial charge in [-0.2, -0.15) is 0 Å². The molecule has 7 heterocycles. The second kappa shape index (κ2) is 47.5. The molecule has 1 atom stereocenters. The molecule has 0 radical (unpaired) electrons. The van der Waals surface area contributed by atoms with E-state index in [2.05, 4.69) is 63.4 Å². The van der Waals surface area contributed by atoms with Crippen LogP contribution >= 0.6 is 0 Å². The number of hydrogen-bond donors (Lipinski definition) is 7. The molecule has 0 spiro atoms. The Hall–Kier alpha value is -10.9. The van der Waals surface area contributed by atoms with Gasteiger partial charge in [-0.1, -0.05) is 169 Å². The molecule has 0 saturated heterocycles. The molecule has 1 unspecified atom stereocenters. The third-order valence-corrected chi connectivity index (χ3v) is 29.5. The number of unbranched alkanes of at least 4 members (excludes halogenated alkanes) is 6. The molecule has 1 aliphatic carbocycles. The molecular weight excluding hydrogens is 1860 g/mol. The SMILES string of the molecule is CC(C)=CCOc1cccc2c1C(N)=NS(=O)(=O)C2.CC1(C)CC1c1cccc2c1C(N)=NS(=O)(=O)C2.CCCCCCCOc1cccc2c1C(N)=NS(=O)(=O)C2.CCCCCOc1cccc2c1C(N)=NS(=O)(=O)C2.CCOCCOc1cccc2c1C(N)=NS(=O)(=O)C2.CN(C)CCCOc1cccc2c1C(N)=NS(=O)(=O)C2.COCCCc1cccc2c1C(N)=NS(=O)(=O)C2. The van der Waals surface area contributed by atoms with Gasteiger partial charge in [0.25, 0.3) is 70.2 Å². The standard InChI is InChI=1S/C15H22N2O3S.C13H19N3O3S.C13H16N2O3S.C13H18N2O3S.C13H16N2O2S.C12H16N2O4S.C12H16N2O3S/c1-2-3-4-5-6-10-20-13-9-7-8-12-11-21(18,19)17-15(16)14(12)13;1-16(2)7-4-8-19-11-6-3-5-10-9-20(17,18)15-13(14)12(10)11;1-9(2)6-7-18-11-5-3-4-10-8-19(16,17)15-13(14)12(10)11;1-2-3-4-8-18-11-7-5-6-10-9-19(16,17)15-13(14)12(10)11;1-13(2)6-10(13)9-5-3-4-8-7-18(16,17)15-12(14)11(8)9;1-2-17-6-7-18-10-5-3-4-9-8-19(15,16)14-12(13)11(9)10;1-17-7-3-6-9-4-2-5-10-8-18(15,16)14-12(13)11(9)10/h7-9H,2-6,10-11H2,1H3,(H2,16,17);3,5-6H,4,7-9H2,1-2H3,(H2,14,15);3-6H,7-8H2,1-2H3,(H2,14,15);5-7H,2-4,8-9H2,1H3,(H2,14,15);3-5,10H,6-7H2,1-2H3,(H2,14,15);3-5H,2,6-8H2,1H3,(H2,13,14);2,4-5H,3,6-8H2,1H3,(H2,13,14). The van der Waals surface area contributed by atoms with Gasteiger partial charge in [0.1, 0.15) is 82.8 Å². The first-order valence-corrected chi connectivity index (χ1v) is 54.9. The molecule has 730 valence electrons. The Labute approximate surface area is 787 Å². The number of amidine groups is 7. The van der Waals surface area contributed by atoms with E-state index in [1.807, 2.05) is 77.3 Å². The Morgan fingerprint density at radius 3 is 0.993 bits per heavy atom. The van der Waals surface area contributed by atoms with Crippen molar-refractivity contribution in [1.82, 2.24) is 4.90 Å². The highest BCUT2D eigenvalue weighted by Gasteiger charge is 2.48. The zero-order chi connectivity index (χ0) is 98.2. The summed E-state index contributed by atoms with van der Waals surface area (Å²) in [7, 11) is -18.7. The molecule has 134 heavy (non-hydrogen) atoms. The van der Waals surface area contributed by atoms with Gasteiger partial charge in [-0.15, -0.1) is 30.8 Å². The fraction of sp³-hybridized carbons (Fsp3) is 0.440. The number of nitrogens with zero attached hydrogens (tertiary/aromatic N) is 8. The molecule has 0 amide bonds. The summed E-state index contributed by atoms with van der Waals surface area (Å²) in [6.07, 6.45) is 14.6. The third-order valence-electron chi connectivity index (χ3n) is 21.4. The van der Waals surface area contributed by atoms with Crippen LogP contribution in [0, 0.1) is 5.41 Å². The zero-order valence-corrected chi connectivity index (χ0v) is 82.8. The molecule has 0 aromatic heterocycles. The van der Waals surface area contributed by atoms with E-state index in [0.717, 1.165) is 103 Å². The van der Waals surface area contributed by atoms with Crippen molar-refractivity contribution >= 4 is 111 Å². The molecule has 7 aromatic carbocycles. The van der Waals surface area contributed by atoms with Crippen LogP contribution in [0.1, 0.15) is 214 Å². The predicted octanol–water partition coefficient (Wildman–Crippen LogP) is 9.75. The minimum absolute atomic E-state index is 0.00551. The molecule has 1 saturated carbocycles. The van der Waals surface area contributed by atoms with Crippen molar-refractivity contribution in [1.29, 1.82) is 0 Å². The van der Waals surface area contributed by atoms with E-state index in [9.17, 15) is 58.9 Å². The van der Waals surface area contributed by atoms with Gasteiger partial charge in [0.15, 0.2) is 0 Å². The molecule has 15 rings (SSSR count). The first-order chi connectivity index (χ1) is 63.2. The van der Waals surface area contributed by atoms with Crippen LogP contribution in [-0.2, 0) is 126 Å². The van der Waals surface area contributed by atoms with Gasteiger partial charge in [-0.25, -0.2) is 58.9 Å². The Bertz CT molecular complexity index is 6410. The highest BCUT2D eigenvalue weighted by Crippen LogP contribution is 2.59. The minimum Gasteiger partial charge on any atom is -0.493 e. The van der Waals surface area contributed by atoms with Gasteiger partial charge in [-0.3, -0.25) is 0 Å². The van der Waals surface area contributed by atoms with Crippen LogP contribution in [-0.4, -0.2) is 185 Å². The van der Waals surface area contributed by atoms with Crippen molar-refractivity contribution in [3.05, 3.63) is 228 Å². The summed E-state index contributed by atoms with van der Waals surface area (Å²) in [4.78, 5) is 2.08. The molecule has 14 N–H and O–H groups in total. The fourth-order valence-corrected chi connectivity index (χ4v) is 22.8. The predicted molar refractivity (Wildman–Crippen MR) is 525 cm³/mol. The third kappa shape index (κ3) is 31.3. The molecule has 7 aromatic rings. The van der Waals surface area contributed by atoms with Crippen molar-refractivity contribution < 1.29 is 92.1 Å². The van der Waals surface area contributed by atoms with E-state index in [1.165, 1.54) is 19.3 Å². The van der Waals surface area contributed by atoms with Crippen LogP contribution in [0.2, 0.25) is 0 Å². The van der Waals surface area contributed by atoms with Gasteiger partial charge >= 0.3 is 0 Å². The van der Waals surface area contributed by atoms with Gasteiger partial charge in [-0.05, 0) is 171 Å². The largest absolute Gasteiger partial charge is 0.493 e. The van der Waals surface area contributed by atoms with Gasteiger partial charge in [0.05, 0.1) is 94.5 Å². The Kier molecular flexibility index (Phi) is 37.9. The molecule has 0 bridgehead atoms. The van der Waals surface area contributed by atoms with Gasteiger partial charge < -0.3 is 78.2 Å². The maximum Gasteiger partial charge on any atom is 0.259 e. The number of hydrogen-bond acceptors (Lipinski definition) is 29. The van der Waals surface area contributed by atoms with Crippen molar-refractivity contribution in [2.24, 2.45) is 76.3 Å². The Balaban J connectivity index is 0.000000176. The summed E-state index contributed by atoms with van der Waals surface area (Å²) in [5, 5.41) is 0. The number of fused-ring (bicyclic) bond motifs is 7. The quantitative estimate of drug-likeness (QED) is 0.0163. The lowest BCUT2D eigenvalue weighted by atomic mass is 9.94. The smallest absolute Gasteiger partial charge is 0.259 e. The monoisotopic (exact) mass is 1990 g/mol. The highest BCUT2D eigenvalue weighted by atomic mass is 32.2. The number of benzene rings is 7. The average Bonchev–Trinajstić information content (AvgIpc) is 1.58. The maximum absolute atomic E-state index is 11.6. The van der Waals surface area contributed by atoms with Crippen molar-refractivity contribution in [2.75, 3.05) is 80.6 Å². The van der Waals surface area contributed by atoms with E-state index in [4.69, 9.17) is 73.3 Å².